The van der Waals surface area contributed by atoms with E-state index in [4.69, 9.17) is 0 Å². The molecule has 0 N–H and O–H groups in total. The van der Waals surface area contributed by atoms with Gasteiger partial charge in [-0.2, -0.15) is 0 Å². The van der Waals surface area contributed by atoms with Crippen molar-refractivity contribution in [3.05, 3.63) is 29.3 Å². The number of piperidine rings is 1. The van der Waals surface area contributed by atoms with Gasteiger partial charge in [0.2, 0.25) is 0 Å². The highest BCUT2D eigenvalue weighted by molar-refractivity contribution is 7.15. The third-order valence-electron chi connectivity index (χ3n) is 4.39. The first-order chi connectivity index (χ1) is 10.6. The molecule has 118 valence electrons. The molecule has 3 heterocycles. The first kappa shape index (κ1) is 15.6. The minimum Gasteiger partial charge on any atom is -0.301 e. The van der Waals surface area contributed by atoms with Gasteiger partial charge in [-0.25, -0.2) is 4.98 Å². The third kappa shape index (κ3) is 3.52. The molecule has 1 fully saturated rings. The lowest BCUT2D eigenvalue weighted by Gasteiger charge is -2.35. The second-order valence-electron chi connectivity index (χ2n) is 6.40. The van der Waals surface area contributed by atoms with Gasteiger partial charge in [0, 0.05) is 31.2 Å². The second-order valence-corrected chi connectivity index (χ2v) is 7.63. The zero-order valence-electron chi connectivity index (χ0n) is 13.6. The Morgan fingerprint density at radius 3 is 2.82 bits per heavy atom. The first-order valence-electron chi connectivity index (χ1n) is 8.10. The quantitative estimate of drug-likeness (QED) is 0.865. The number of aromatic nitrogens is 3. The van der Waals surface area contributed by atoms with E-state index in [1.165, 1.54) is 25.9 Å². The van der Waals surface area contributed by atoms with Gasteiger partial charge in [-0.15, -0.1) is 11.3 Å². The van der Waals surface area contributed by atoms with Crippen LogP contribution in [-0.2, 0) is 6.42 Å². The zero-order chi connectivity index (χ0) is 15.5. The standard InChI is InChI=1S/C17H24N4S/c1-12(2)21-8-4-5-14(11-21)9-15-17(19-7-6-18-15)16-10-20-13(3)22-16/h6-7,10,12,14H,4-5,8-9,11H2,1-3H3/t14-/m0/s1. The summed E-state index contributed by atoms with van der Waals surface area (Å²) in [6.45, 7) is 9.02. The van der Waals surface area contributed by atoms with Gasteiger partial charge in [0.15, 0.2) is 0 Å². The van der Waals surface area contributed by atoms with E-state index < -0.39 is 0 Å². The van der Waals surface area contributed by atoms with Crippen LogP contribution in [0.15, 0.2) is 18.6 Å². The molecule has 0 amide bonds. The van der Waals surface area contributed by atoms with Crippen LogP contribution in [0.25, 0.3) is 10.6 Å². The summed E-state index contributed by atoms with van der Waals surface area (Å²) in [4.78, 5) is 17.3. The molecule has 2 aromatic rings. The van der Waals surface area contributed by atoms with Crippen molar-refractivity contribution in [2.75, 3.05) is 13.1 Å². The van der Waals surface area contributed by atoms with Crippen molar-refractivity contribution in [2.24, 2.45) is 5.92 Å². The lowest BCUT2D eigenvalue weighted by Crippen LogP contribution is -2.40. The number of hydrogen-bond acceptors (Lipinski definition) is 5. The number of hydrogen-bond donors (Lipinski definition) is 0. The Bertz CT molecular complexity index is 623. The molecule has 1 atom stereocenters. The molecular formula is C17H24N4S. The van der Waals surface area contributed by atoms with Gasteiger partial charge in [-0.3, -0.25) is 9.97 Å². The Morgan fingerprint density at radius 1 is 1.27 bits per heavy atom. The summed E-state index contributed by atoms with van der Waals surface area (Å²) in [7, 11) is 0. The number of aryl methyl sites for hydroxylation is 1. The SMILES string of the molecule is Cc1ncc(-c2nccnc2C[C@@H]2CCCN(C(C)C)C2)s1. The van der Waals surface area contributed by atoms with Crippen LogP contribution in [-0.4, -0.2) is 39.0 Å². The molecule has 22 heavy (non-hydrogen) atoms. The van der Waals surface area contributed by atoms with E-state index in [0.29, 0.717) is 12.0 Å². The Labute approximate surface area is 136 Å². The van der Waals surface area contributed by atoms with E-state index in [9.17, 15) is 0 Å². The fraction of sp³-hybridized carbons (Fsp3) is 0.588. The topological polar surface area (TPSA) is 41.9 Å². The molecule has 0 spiro atoms. The Hall–Kier alpha value is -1.33. The maximum absolute atomic E-state index is 4.63. The highest BCUT2D eigenvalue weighted by Gasteiger charge is 2.23. The van der Waals surface area contributed by atoms with Gasteiger partial charge in [0.1, 0.15) is 5.69 Å². The number of rotatable bonds is 4. The van der Waals surface area contributed by atoms with Crippen LogP contribution in [0.2, 0.25) is 0 Å². The van der Waals surface area contributed by atoms with Crippen molar-refractivity contribution < 1.29 is 0 Å². The summed E-state index contributed by atoms with van der Waals surface area (Å²) < 4.78 is 0. The van der Waals surface area contributed by atoms with E-state index in [0.717, 1.165) is 27.7 Å². The monoisotopic (exact) mass is 316 g/mol. The van der Waals surface area contributed by atoms with Crippen molar-refractivity contribution in [2.45, 2.75) is 46.1 Å². The highest BCUT2D eigenvalue weighted by Crippen LogP contribution is 2.29. The van der Waals surface area contributed by atoms with Crippen molar-refractivity contribution in [1.29, 1.82) is 0 Å². The predicted molar refractivity (Wildman–Crippen MR) is 91.0 cm³/mol. The third-order valence-corrected chi connectivity index (χ3v) is 5.31. The molecule has 5 heteroatoms. The molecule has 0 aromatic carbocycles. The van der Waals surface area contributed by atoms with E-state index in [1.807, 2.05) is 19.3 Å². The molecule has 2 aromatic heterocycles. The normalized spacial score (nSPS) is 19.7. The highest BCUT2D eigenvalue weighted by atomic mass is 32.1. The maximum atomic E-state index is 4.63. The molecule has 0 radical (unpaired) electrons. The summed E-state index contributed by atoms with van der Waals surface area (Å²) in [6.07, 6.45) is 9.13. The van der Waals surface area contributed by atoms with Crippen molar-refractivity contribution in [3.63, 3.8) is 0 Å². The van der Waals surface area contributed by atoms with Gasteiger partial charge in [0.25, 0.3) is 0 Å². The van der Waals surface area contributed by atoms with Crippen LogP contribution in [0, 0.1) is 12.8 Å². The van der Waals surface area contributed by atoms with Crippen molar-refractivity contribution in [1.82, 2.24) is 19.9 Å². The molecule has 1 aliphatic rings. The number of thiazole rings is 1. The summed E-state index contributed by atoms with van der Waals surface area (Å²) in [5.41, 5.74) is 2.15. The fourth-order valence-electron chi connectivity index (χ4n) is 3.20. The lowest BCUT2D eigenvalue weighted by molar-refractivity contribution is 0.139. The summed E-state index contributed by atoms with van der Waals surface area (Å²) in [6, 6.07) is 0.633. The van der Waals surface area contributed by atoms with Gasteiger partial charge in [-0.05, 0) is 52.5 Å². The number of likely N-dealkylation sites (tertiary alicyclic amines) is 1. The maximum Gasteiger partial charge on any atom is 0.103 e. The predicted octanol–water partition coefficient (Wildman–Crippen LogP) is 3.57. The van der Waals surface area contributed by atoms with Gasteiger partial charge in [-0.1, -0.05) is 0 Å². The van der Waals surface area contributed by atoms with Crippen LogP contribution in [0.4, 0.5) is 0 Å². The van der Waals surface area contributed by atoms with Crippen molar-refractivity contribution >= 4 is 11.3 Å². The molecule has 0 unspecified atom stereocenters. The molecule has 0 aliphatic carbocycles. The zero-order valence-corrected chi connectivity index (χ0v) is 14.4. The van der Waals surface area contributed by atoms with Crippen molar-refractivity contribution in [3.8, 4) is 10.6 Å². The van der Waals surface area contributed by atoms with E-state index in [-0.39, 0.29) is 0 Å². The lowest BCUT2D eigenvalue weighted by atomic mass is 9.92. The van der Waals surface area contributed by atoms with Gasteiger partial charge >= 0.3 is 0 Å². The minimum atomic E-state index is 0.633. The molecule has 0 bridgehead atoms. The van der Waals surface area contributed by atoms with Crippen LogP contribution in [0.3, 0.4) is 0 Å². The van der Waals surface area contributed by atoms with E-state index >= 15 is 0 Å². The molecule has 1 saturated heterocycles. The molecule has 1 aliphatic heterocycles. The molecule has 3 rings (SSSR count). The fourth-order valence-corrected chi connectivity index (χ4v) is 4.00. The Kier molecular flexibility index (Phi) is 4.84. The van der Waals surface area contributed by atoms with Crippen LogP contribution in [0.5, 0.6) is 0 Å². The van der Waals surface area contributed by atoms with Gasteiger partial charge in [0.05, 0.1) is 15.6 Å². The van der Waals surface area contributed by atoms with Crippen LogP contribution >= 0.6 is 11.3 Å². The van der Waals surface area contributed by atoms with Crippen LogP contribution in [0.1, 0.15) is 37.4 Å². The number of nitrogens with zero attached hydrogens (tertiary/aromatic N) is 4. The molecule has 0 saturated carbocycles. The van der Waals surface area contributed by atoms with E-state index in [1.54, 1.807) is 17.5 Å². The molecule has 4 nitrogen and oxygen atoms in total. The first-order valence-corrected chi connectivity index (χ1v) is 8.92. The largest absolute Gasteiger partial charge is 0.301 e. The average molecular weight is 316 g/mol. The Morgan fingerprint density at radius 2 is 2.09 bits per heavy atom. The summed E-state index contributed by atoms with van der Waals surface area (Å²) in [5.74, 6) is 0.681. The Balaban J connectivity index is 1.78. The smallest absolute Gasteiger partial charge is 0.103 e. The summed E-state index contributed by atoms with van der Waals surface area (Å²) >= 11 is 1.70. The summed E-state index contributed by atoms with van der Waals surface area (Å²) in [5, 5.41) is 1.08. The van der Waals surface area contributed by atoms with Crippen LogP contribution < -0.4 is 0 Å². The minimum absolute atomic E-state index is 0.633. The van der Waals surface area contributed by atoms with E-state index in [2.05, 4.69) is 33.7 Å². The second kappa shape index (κ2) is 6.84. The molecular weight excluding hydrogens is 292 g/mol. The average Bonchev–Trinajstić information content (AvgIpc) is 2.94. The van der Waals surface area contributed by atoms with Gasteiger partial charge < -0.3 is 4.90 Å².